The number of para-hydroxylation sites is 4. The molecule has 2 nitrogen and oxygen atoms in total. The van der Waals surface area contributed by atoms with E-state index in [2.05, 4.69) is 277 Å². The van der Waals surface area contributed by atoms with E-state index in [-0.39, 0.29) is 0 Å². The summed E-state index contributed by atoms with van der Waals surface area (Å²) in [6, 6.07) is 94.2. The van der Waals surface area contributed by atoms with E-state index >= 15 is 0 Å². The van der Waals surface area contributed by atoms with Gasteiger partial charge in [-0.1, -0.05) is 206 Å². The van der Waals surface area contributed by atoms with Gasteiger partial charge in [0.15, 0.2) is 0 Å². The fourth-order valence-corrected chi connectivity index (χ4v) is 15.6. The van der Waals surface area contributed by atoms with Gasteiger partial charge in [-0.05, 0) is 128 Å². The maximum Gasteiger partial charge on any atom is 0.0618 e. The predicted octanol–water partition coefficient (Wildman–Crippen LogP) is 22.3. The first-order valence-corrected chi connectivity index (χ1v) is 28.6. The third kappa shape index (κ3) is 6.93. The fraction of sp³-hybridized carbons (Fsp3) is 0.0270. The first-order valence-electron chi connectivity index (χ1n) is 27.0. The summed E-state index contributed by atoms with van der Waals surface area (Å²) in [4.78, 5) is 4.90. The number of rotatable bonds is 8. The fourth-order valence-electron chi connectivity index (χ4n) is 13.0. The highest BCUT2D eigenvalue weighted by Crippen LogP contribution is 2.54. The van der Waals surface area contributed by atoms with Crippen LogP contribution in [0.2, 0.25) is 0 Å². The lowest BCUT2D eigenvalue weighted by atomic mass is 9.83. The number of nitrogens with zero attached hydrogens (tertiary/aromatic N) is 2. The Labute approximate surface area is 460 Å². The zero-order valence-electron chi connectivity index (χ0n) is 42.5. The van der Waals surface area contributed by atoms with E-state index in [9.17, 15) is 0 Å². The van der Waals surface area contributed by atoms with Crippen LogP contribution < -0.4 is 9.80 Å². The van der Waals surface area contributed by atoms with Crippen molar-refractivity contribution in [1.29, 1.82) is 0 Å². The first kappa shape index (κ1) is 44.9. The van der Waals surface area contributed by atoms with Crippen molar-refractivity contribution in [2.45, 2.75) is 12.8 Å². The summed E-state index contributed by atoms with van der Waals surface area (Å²) in [6.07, 6.45) is 6.74. The van der Waals surface area contributed by atoms with Crippen LogP contribution in [0, 0.1) is 0 Å². The number of hydrogen-bond donors (Lipinski definition) is 0. The summed E-state index contributed by atoms with van der Waals surface area (Å²) in [5.41, 5.74) is 14.8. The second kappa shape index (κ2) is 18.2. The topological polar surface area (TPSA) is 6.48 Å². The van der Waals surface area contributed by atoms with E-state index in [0.29, 0.717) is 0 Å². The summed E-state index contributed by atoms with van der Waals surface area (Å²) >= 11 is 3.92. The standard InChI is InChI=1S/C74H48N2S2/c1-5-23-49(24-6-1)75(50-25-7-2-8-26-50)71-59-37-19-15-33-55(59)67(56-34-16-20-38-60(56)71)47-41-43-63-65(45-47)77-73-69(63)53-31-13-14-32-54(53)70-64-44-42-48(46-66(64)78-74(70)73)68-57-35-17-21-39-61(57)72(62-40-22-18-36-58(62)68)76(51-27-9-3-10-28-51)52-29-11-4-12-30-52/h1-17,19-35,37-46H,18,36H2. The SMILES string of the molecule is C1=Cc2c(c(-c3ccc4c(c3)sc3c5sc6cc(-c7c8ccccc8c(N(c8ccccc8)c8ccccc8)c8ccccc78)ccc6c5c5ccccc5c43)c3ccccc3c2N(c2ccccc2)c2ccccc2)CC1. The van der Waals surface area contributed by atoms with Gasteiger partial charge in [0.1, 0.15) is 0 Å². The Hall–Kier alpha value is -9.32. The lowest BCUT2D eigenvalue weighted by Crippen LogP contribution is -2.14. The van der Waals surface area contributed by atoms with Crippen LogP contribution in [0.1, 0.15) is 17.5 Å². The molecule has 13 aromatic carbocycles. The molecule has 1 aliphatic carbocycles. The van der Waals surface area contributed by atoms with Crippen LogP contribution in [0.4, 0.5) is 34.1 Å². The average molecular weight is 1030 g/mol. The van der Waals surface area contributed by atoms with Crippen molar-refractivity contribution in [2.75, 3.05) is 9.80 Å². The van der Waals surface area contributed by atoms with E-state index in [1.807, 2.05) is 22.7 Å². The van der Waals surface area contributed by atoms with Crippen molar-refractivity contribution in [3.8, 4) is 22.3 Å². The van der Waals surface area contributed by atoms with Gasteiger partial charge in [0, 0.05) is 75.4 Å². The third-order valence-corrected chi connectivity index (χ3v) is 18.7. The molecule has 0 N–H and O–H groups in total. The van der Waals surface area contributed by atoms with Gasteiger partial charge in [-0.15, -0.1) is 22.7 Å². The third-order valence-electron chi connectivity index (χ3n) is 16.2. The molecule has 0 fully saturated rings. The zero-order valence-corrected chi connectivity index (χ0v) is 44.2. The van der Waals surface area contributed by atoms with Crippen LogP contribution in [0.25, 0.3) is 112 Å². The summed E-state index contributed by atoms with van der Waals surface area (Å²) in [5.74, 6) is 0. The van der Waals surface area contributed by atoms with Crippen LogP contribution >= 0.6 is 22.7 Å². The molecule has 16 rings (SSSR count). The molecule has 366 valence electrons. The van der Waals surface area contributed by atoms with E-state index in [1.54, 1.807) is 0 Å². The Balaban J connectivity index is 0.895. The number of fused-ring (bicyclic) bond motifs is 14. The van der Waals surface area contributed by atoms with Crippen molar-refractivity contribution in [3.05, 3.63) is 272 Å². The lowest BCUT2D eigenvalue weighted by molar-refractivity contribution is 0.989. The monoisotopic (exact) mass is 1030 g/mol. The molecule has 15 aromatic rings. The molecule has 0 spiro atoms. The molecule has 78 heavy (non-hydrogen) atoms. The Morgan fingerprint density at radius 1 is 0.308 bits per heavy atom. The normalized spacial score (nSPS) is 12.5. The maximum absolute atomic E-state index is 2.51. The molecule has 0 radical (unpaired) electrons. The van der Waals surface area contributed by atoms with Gasteiger partial charge in [-0.3, -0.25) is 0 Å². The molecule has 0 bridgehead atoms. The Bertz CT molecular complexity index is 4770. The minimum Gasteiger partial charge on any atom is -0.309 e. The van der Waals surface area contributed by atoms with Gasteiger partial charge >= 0.3 is 0 Å². The van der Waals surface area contributed by atoms with Gasteiger partial charge in [-0.2, -0.15) is 0 Å². The summed E-state index contributed by atoms with van der Waals surface area (Å²) in [7, 11) is 0. The molecular weight excluding hydrogens is 981 g/mol. The smallest absolute Gasteiger partial charge is 0.0618 e. The number of anilines is 6. The van der Waals surface area contributed by atoms with Crippen molar-refractivity contribution < 1.29 is 0 Å². The highest BCUT2D eigenvalue weighted by atomic mass is 32.1. The van der Waals surface area contributed by atoms with Gasteiger partial charge in [0.25, 0.3) is 0 Å². The molecule has 0 amide bonds. The van der Waals surface area contributed by atoms with Crippen LogP contribution in [0.3, 0.4) is 0 Å². The van der Waals surface area contributed by atoms with Crippen molar-refractivity contribution in [2.24, 2.45) is 0 Å². The Morgan fingerprint density at radius 3 is 1.12 bits per heavy atom. The van der Waals surface area contributed by atoms with Gasteiger partial charge in [-0.25, -0.2) is 0 Å². The minimum absolute atomic E-state index is 0.978. The van der Waals surface area contributed by atoms with Crippen LogP contribution in [0.5, 0.6) is 0 Å². The molecule has 0 unspecified atom stereocenters. The number of allylic oxidation sites excluding steroid dienone is 1. The first-order chi connectivity index (χ1) is 38.7. The molecule has 4 heteroatoms. The quantitative estimate of drug-likeness (QED) is 0.140. The average Bonchev–Trinajstić information content (AvgIpc) is 4.27. The molecule has 0 saturated heterocycles. The molecule has 0 saturated carbocycles. The van der Waals surface area contributed by atoms with E-state index < -0.39 is 0 Å². The number of thiophene rings is 2. The van der Waals surface area contributed by atoms with Crippen molar-refractivity contribution in [3.63, 3.8) is 0 Å². The van der Waals surface area contributed by atoms with Crippen molar-refractivity contribution in [1.82, 2.24) is 0 Å². The number of benzene rings is 13. The lowest BCUT2D eigenvalue weighted by Gasteiger charge is -2.32. The minimum atomic E-state index is 0.978. The van der Waals surface area contributed by atoms with E-state index in [0.717, 1.165) is 35.6 Å². The molecule has 2 aromatic heterocycles. The van der Waals surface area contributed by atoms with Gasteiger partial charge in [0.2, 0.25) is 0 Å². The number of hydrogen-bond acceptors (Lipinski definition) is 4. The molecule has 1 aliphatic rings. The Morgan fingerprint density at radius 2 is 0.667 bits per heavy atom. The van der Waals surface area contributed by atoms with Gasteiger partial charge in [0.05, 0.1) is 20.8 Å². The Kier molecular flexibility index (Phi) is 10.5. The second-order valence-electron chi connectivity index (χ2n) is 20.5. The van der Waals surface area contributed by atoms with Crippen molar-refractivity contribution >= 4 is 146 Å². The molecule has 2 heterocycles. The molecule has 0 aliphatic heterocycles. The van der Waals surface area contributed by atoms with Gasteiger partial charge < -0.3 is 9.80 Å². The highest BCUT2D eigenvalue weighted by Gasteiger charge is 2.28. The second-order valence-corrected chi connectivity index (χ2v) is 22.6. The molecular formula is C74H48N2S2. The summed E-state index contributed by atoms with van der Waals surface area (Å²) in [5, 5.41) is 15.4. The predicted molar refractivity (Wildman–Crippen MR) is 340 cm³/mol. The van der Waals surface area contributed by atoms with E-state index in [1.165, 1.54) is 128 Å². The maximum atomic E-state index is 2.51. The van der Waals surface area contributed by atoms with Crippen LogP contribution in [0.15, 0.2) is 261 Å². The summed E-state index contributed by atoms with van der Waals surface area (Å²) < 4.78 is 5.36. The zero-order chi connectivity index (χ0) is 51.3. The largest absolute Gasteiger partial charge is 0.309 e. The van der Waals surface area contributed by atoms with E-state index in [4.69, 9.17) is 0 Å². The summed E-state index contributed by atoms with van der Waals surface area (Å²) in [6.45, 7) is 0. The van der Waals surface area contributed by atoms with Crippen LogP contribution in [-0.4, -0.2) is 0 Å². The highest BCUT2D eigenvalue weighted by molar-refractivity contribution is 7.34. The van der Waals surface area contributed by atoms with Crippen LogP contribution in [-0.2, 0) is 6.42 Å². The molecule has 0 atom stereocenters.